The van der Waals surface area contributed by atoms with E-state index < -0.39 is 12.7 Å². The Morgan fingerprint density at radius 3 is 2.36 bits per heavy atom. The number of aryl methyl sites for hydroxylation is 1. The van der Waals surface area contributed by atoms with Crippen LogP contribution in [0.15, 0.2) is 29.3 Å². The molecule has 25 heavy (non-hydrogen) atoms. The maximum atomic E-state index is 12.2. The molecule has 0 bridgehead atoms. The zero-order valence-corrected chi connectivity index (χ0v) is 17.3. The fourth-order valence-electron chi connectivity index (χ4n) is 2.42. The lowest BCUT2D eigenvalue weighted by molar-refractivity contribution is -0.143. The summed E-state index contributed by atoms with van der Waals surface area (Å²) in [6, 6.07) is 8.20. The van der Waals surface area contributed by atoms with Gasteiger partial charge in [-0.15, -0.1) is 24.0 Å². The van der Waals surface area contributed by atoms with Crippen LogP contribution in [-0.2, 0) is 13.0 Å². The fraction of sp³-hybridized carbons (Fsp3) is 0.588. The minimum Gasteiger partial charge on any atom is -0.356 e. The molecule has 2 N–H and O–H groups in total. The van der Waals surface area contributed by atoms with E-state index in [2.05, 4.69) is 34.7 Å². The van der Waals surface area contributed by atoms with Crippen LogP contribution in [0.25, 0.3) is 0 Å². The van der Waals surface area contributed by atoms with Crippen LogP contribution in [0.5, 0.6) is 0 Å². The Morgan fingerprint density at radius 1 is 1.16 bits per heavy atom. The van der Waals surface area contributed by atoms with E-state index in [1.807, 2.05) is 12.1 Å². The molecule has 0 aromatic heterocycles. The molecule has 1 aromatic rings. The third-order valence-corrected chi connectivity index (χ3v) is 3.63. The van der Waals surface area contributed by atoms with Crippen molar-refractivity contribution in [2.45, 2.75) is 32.5 Å². The molecule has 0 heterocycles. The second kappa shape index (κ2) is 12.3. The highest BCUT2D eigenvalue weighted by Gasteiger charge is 2.28. The number of aliphatic imine (C=N–C) groups is 1. The summed E-state index contributed by atoms with van der Waals surface area (Å²) in [5, 5.41) is 6.36. The van der Waals surface area contributed by atoms with Gasteiger partial charge < -0.3 is 10.6 Å². The first-order valence-corrected chi connectivity index (χ1v) is 8.12. The number of benzene rings is 1. The number of hydrogen-bond acceptors (Lipinski definition) is 2. The molecule has 0 saturated heterocycles. The number of alkyl halides is 3. The van der Waals surface area contributed by atoms with Crippen molar-refractivity contribution in [3.05, 3.63) is 35.4 Å². The molecule has 144 valence electrons. The molecule has 0 unspecified atom stereocenters. The van der Waals surface area contributed by atoms with Crippen molar-refractivity contribution in [2.24, 2.45) is 4.99 Å². The molecule has 0 aliphatic rings. The summed E-state index contributed by atoms with van der Waals surface area (Å²) in [7, 11) is 3.15. The first-order valence-electron chi connectivity index (χ1n) is 8.12. The molecule has 4 nitrogen and oxygen atoms in total. The van der Waals surface area contributed by atoms with Crippen molar-refractivity contribution in [2.75, 3.05) is 33.7 Å². The molecule has 0 aliphatic carbocycles. The number of halogens is 4. The van der Waals surface area contributed by atoms with E-state index in [9.17, 15) is 13.2 Å². The monoisotopic (exact) mass is 472 g/mol. The third kappa shape index (κ3) is 10.5. The number of nitrogens with zero attached hydrogens (tertiary/aromatic N) is 2. The van der Waals surface area contributed by atoms with Crippen LogP contribution >= 0.6 is 24.0 Å². The summed E-state index contributed by atoms with van der Waals surface area (Å²) in [5.41, 5.74) is 2.50. The van der Waals surface area contributed by atoms with Gasteiger partial charge in [-0.05, 0) is 37.6 Å². The van der Waals surface area contributed by atoms with Crippen LogP contribution < -0.4 is 10.6 Å². The number of rotatable bonds is 8. The average molecular weight is 472 g/mol. The maximum Gasteiger partial charge on any atom is 0.401 e. The van der Waals surface area contributed by atoms with E-state index in [0.29, 0.717) is 32.0 Å². The lowest BCUT2D eigenvalue weighted by Crippen LogP contribution is -2.39. The van der Waals surface area contributed by atoms with Gasteiger partial charge in [0.15, 0.2) is 5.96 Å². The van der Waals surface area contributed by atoms with Crippen LogP contribution in [0, 0.1) is 0 Å². The predicted octanol–water partition coefficient (Wildman–Crippen LogP) is 3.42. The smallest absolute Gasteiger partial charge is 0.356 e. The van der Waals surface area contributed by atoms with Gasteiger partial charge in [0.1, 0.15) is 0 Å². The van der Waals surface area contributed by atoms with Crippen molar-refractivity contribution in [3.63, 3.8) is 0 Å². The van der Waals surface area contributed by atoms with Gasteiger partial charge in [-0.2, -0.15) is 13.2 Å². The quantitative estimate of drug-likeness (QED) is 0.264. The Bertz CT molecular complexity index is 521. The van der Waals surface area contributed by atoms with Crippen molar-refractivity contribution in [1.29, 1.82) is 0 Å². The Kier molecular flexibility index (Phi) is 11.8. The highest BCUT2D eigenvalue weighted by molar-refractivity contribution is 14.0. The van der Waals surface area contributed by atoms with Gasteiger partial charge in [-0.1, -0.05) is 31.2 Å². The fourth-order valence-corrected chi connectivity index (χ4v) is 2.42. The minimum absolute atomic E-state index is 0. The van der Waals surface area contributed by atoms with Gasteiger partial charge >= 0.3 is 6.18 Å². The standard InChI is InChI=1S/C17H27F3N4.HI/c1-4-14-8-5-6-9-15(14)12-23-16(21-2)22-10-7-11-24(3)13-17(18,19)20;/h5-6,8-9H,4,7,10-13H2,1-3H3,(H2,21,22,23);1H. The highest BCUT2D eigenvalue weighted by atomic mass is 127. The molecular formula is C17H28F3IN4. The zero-order valence-electron chi connectivity index (χ0n) is 15.0. The normalized spacial score (nSPS) is 12.0. The second-order valence-corrected chi connectivity index (χ2v) is 5.68. The molecule has 0 radical (unpaired) electrons. The molecular weight excluding hydrogens is 444 g/mol. The van der Waals surface area contributed by atoms with Crippen molar-refractivity contribution in [3.8, 4) is 0 Å². The molecule has 0 fully saturated rings. The molecule has 0 atom stereocenters. The highest BCUT2D eigenvalue weighted by Crippen LogP contribution is 2.15. The van der Waals surface area contributed by atoms with Crippen molar-refractivity contribution in [1.82, 2.24) is 15.5 Å². The number of hydrogen-bond donors (Lipinski definition) is 2. The second-order valence-electron chi connectivity index (χ2n) is 5.68. The van der Waals surface area contributed by atoms with Crippen LogP contribution in [0.1, 0.15) is 24.5 Å². The Balaban J connectivity index is 0.00000576. The molecule has 0 aliphatic heterocycles. The predicted molar refractivity (Wildman–Crippen MR) is 108 cm³/mol. The third-order valence-electron chi connectivity index (χ3n) is 3.63. The van der Waals surface area contributed by atoms with E-state index in [1.165, 1.54) is 23.1 Å². The maximum absolute atomic E-state index is 12.2. The lowest BCUT2D eigenvalue weighted by Gasteiger charge is -2.19. The van der Waals surface area contributed by atoms with E-state index in [4.69, 9.17) is 0 Å². The molecule has 1 aromatic carbocycles. The Morgan fingerprint density at radius 2 is 1.80 bits per heavy atom. The van der Waals surface area contributed by atoms with Crippen LogP contribution in [-0.4, -0.2) is 50.8 Å². The first kappa shape index (κ1) is 24.0. The molecule has 8 heteroatoms. The SMILES string of the molecule is CCc1ccccc1CNC(=NC)NCCCN(C)CC(F)(F)F.I. The van der Waals surface area contributed by atoms with Crippen LogP contribution in [0.4, 0.5) is 13.2 Å². The van der Waals surface area contributed by atoms with Gasteiger partial charge in [0, 0.05) is 20.1 Å². The van der Waals surface area contributed by atoms with Gasteiger partial charge in [0.2, 0.25) is 0 Å². The van der Waals surface area contributed by atoms with Crippen LogP contribution in [0.3, 0.4) is 0 Å². The molecule has 0 spiro atoms. The number of guanidine groups is 1. The number of nitrogens with one attached hydrogen (secondary N) is 2. The van der Waals surface area contributed by atoms with E-state index in [0.717, 1.165) is 6.42 Å². The summed E-state index contributed by atoms with van der Waals surface area (Å²) in [6.07, 6.45) is -2.57. The summed E-state index contributed by atoms with van der Waals surface area (Å²) in [4.78, 5) is 5.41. The molecule has 0 saturated carbocycles. The Hall–Kier alpha value is -1.03. The molecule has 1 rings (SSSR count). The Labute approximate surface area is 165 Å². The van der Waals surface area contributed by atoms with Crippen molar-refractivity contribution < 1.29 is 13.2 Å². The van der Waals surface area contributed by atoms with Gasteiger partial charge in [0.05, 0.1) is 6.54 Å². The summed E-state index contributed by atoms with van der Waals surface area (Å²) in [5.74, 6) is 0.652. The lowest BCUT2D eigenvalue weighted by atomic mass is 10.1. The first-order chi connectivity index (χ1) is 11.4. The van der Waals surface area contributed by atoms with Crippen molar-refractivity contribution >= 4 is 29.9 Å². The van der Waals surface area contributed by atoms with E-state index in [-0.39, 0.29) is 24.0 Å². The van der Waals surface area contributed by atoms with Gasteiger partial charge in [-0.25, -0.2) is 0 Å². The minimum atomic E-state index is -4.15. The topological polar surface area (TPSA) is 39.7 Å². The zero-order chi connectivity index (χ0) is 18.0. The van der Waals surface area contributed by atoms with Crippen LogP contribution in [0.2, 0.25) is 0 Å². The summed E-state index contributed by atoms with van der Waals surface area (Å²) < 4.78 is 36.7. The van der Waals surface area contributed by atoms with Gasteiger partial charge in [0.25, 0.3) is 0 Å². The summed E-state index contributed by atoms with van der Waals surface area (Å²) in [6.45, 7) is 2.84. The largest absolute Gasteiger partial charge is 0.401 e. The molecule has 0 amide bonds. The summed E-state index contributed by atoms with van der Waals surface area (Å²) >= 11 is 0. The van der Waals surface area contributed by atoms with Gasteiger partial charge in [-0.3, -0.25) is 9.89 Å². The van der Waals surface area contributed by atoms with E-state index >= 15 is 0 Å². The van der Waals surface area contributed by atoms with E-state index in [1.54, 1.807) is 7.05 Å². The average Bonchev–Trinajstić information content (AvgIpc) is 2.52.